The molecular formula is C45H26N4OS. The number of thiophene rings is 1. The Bertz CT molecular complexity index is 3380. The van der Waals surface area contributed by atoms with Crippen LogP contribution < -0.4 is 0 Å². The quantitative estimate of drug-likeness (QED) is 0.186. The molecule has 11 rings (SSSR count). The first kappa shape index (κ1) is 23.7. The van der Waals surface area contributed by atoms with Gasteiger partial charge in [0.15, 0.2) is 17.5 Å². The first-order valence-electron chi connectivity index (χ1n) is 19.0. The molecule has 0 fully saturated rings. The van der Waals surface area contributed by atoms with Crippen molar-refractivity contribution in [1.29, 1.82) is 0 Å². The molecule has 11 aromatic rings. The number of nitrogens with zero attached hydrogens (tertiary/aromatic N) is 4. The van der Waals surface area contributed by atoms with Crippen LogP contribution in [0.1, 0.15) is 6.85 Å². The summed E-state index contributed by atoms with van der Waals surface area (Å²) in [5.74, 6) is 0.574. The van der Waals surface area contributed by atoms with Crippen LogP contribution in [-0.2, 0) is 0 Å². The summed E-state index contributed by atoms with van der Waals surface area (Å²) in [4.78, 5) is 14.8. The molecule has 0 atom stereocenters. The van der Waals surface area contributed by atoms with E-state index in [1.54, 1.807) is 11.3 Å². The average Bonchev–Trinajstić information content (AvgIpc) is 3.91. The topological polar surface area (TPSA) is 56.7 Å². The summed E-state index contributed by atoms with van der Waals surface area (Å²) >= 11 is 1.67. The Hall–Kier alpha value is -6.63. The maximum Gasteiger partial charge on any atom is 0.164 e. The number of para-hydroxylation sites is 2. The van der Waals surface area contributed by atoms with Gasteiger partial charge in [0.1, 0.15) is 11.2 Å². The normalized spacial score (nSPS) is 13.3. The van der Waals surface area contributed by atoms with Crippen LogP contribution in [0.4, 0.5) is 0 Å². The minimum absolute atomic E-state index is 0.0192. The number of rotatable bonds is 4. The molecule has 51 heavy (non-hydrogen) atoms. The number of aromatic nitrogens is 4. The maximum absolute atomic E-state index is 8.83. The molecule has 0 unspecified atom stereocenters. The van der Waals surface area contributed by atoms with Crippen molar-refractivity contribution in [2.45, 2.75) is 0 Å². The van der Waals surface area contributed by atoms with Gasteiger partial charge in [-0.15, -0.1) is 11.3 Å². The van der Waals surface area contributed by atoms with Crippen LogP contribution in [-0.4, -0.2) is 19.5 Å². The van der Waals surface area contributed by atoms with Gasteiger partial charge in [-0.1, -0.05) is 109 Å². The zero-order chi connectivity index (χ0) is 37.8. The van der Waals surface area contributed by atoms with Crippen LogP contribution in [0.5, 0.6) is 0 Å². The minimum atomic E-state index is -0.484. The fourth-order valence-corrected chi connectivity index (χ4v) is 8.45. The third-order valence-corrected chi connectivity index (χ3v) is 10.7. The third-order valence-electron chi connectivity index (χ3n) is 9.55. The maximum atomic E-state index is 8.83. The number of benzene rings is 7. The third kappa shape index (κ3) is 4.37. The molecule has 7 aromatic carbocycles. The van der Waals surface area contributed by atoms with Crippen molar-refractivity contribution in [3.63, 3.8) is 0 Å². The van der Waals surface area contributed by atoms with Crippen molar-refractivity contribution in [3.8, 4) is 39.9 Å². The fraction of sp³-hybridized carbons (Fsp3) is 0. The zero-order valence-electron chi connectivity index (χ0n) is 31.7. The lowest BCUT2D eigenvalue weighted by atomic mass is 10.0. The lowest BCUT2D eigenvalue weighted by Crippen LogP contribution is -2.00. The van der Waals surface area contributed by atoms with E-state index < -0.39 is 18.1 Å². The van der Waals surface area contributed by atoms with Gasteiger partial charge in [0.2, 0.25) is 0 Å². The summed E-state index contributed by atoms with van der Waals surface area (Å²) in [6.07, 6.45) is 0. The van der Waals surface area contributed by atoms with Crippen LogP contribution in [0.3, 0.4) is 0 Å². The summed E-state index contributed by atoms with van der Waals surface area (Å²) in [6, 6.07) is 40.7. The van der Waals surface area contributed by atoms with Crippen molar-refractivity contribution in [1.82, 2.24) is 19.5 Å². The predicted octanol–water partition coefficient (Wildman–Crippen LogP) is 12.2. The summed E-state index contributed by atoms with van der Waals surface area (Å²) in [5.41, 5.74) is 5.72. The molecule has 0 bridgehead atoms. The van der Waals surface area contributed by atoms with Gasteiger partial charge < -0.3 is 8.98 Å². The highest BCUT2D eigenvalue weighted by Gasteiger charge is 2.20. The second-order valence-electron chi connectivity index (χ2n) is 12.4. The molecule has 0 saturated heterocycles. The first-order chi connectivity index (χ1) is 27.3. The van der Waals surface area contributed by atoms with Crippen LogP contribution in [0, 0.1) is 0 Å². The Morgan fingerprint density at radius 3 is 2.00 bits per heavy atom. The van der Waals surface area contributed by atoms with Crippen LogP contribution in [0.15, 0.2) is 162 Å². The lowest BCUT2D eigenvalue weighted by molar-refractivity contribution is 0.669. The highest BCUT2D eigenvalue weighted by molar-refractivity contribution is 7.25. The molecule has 4 heterocycles. The van der Waals surface area contributed by atoms with Crippen molar-refractivity contribution in [2.75, 3.05) is 0 Å². The summed E-state index contributed by atoms with van der Waals surface area (Å²) in [7, 11) is 0. The highest BCUT2D eigenvalue weighted by atomic mass is 32.1. The van der Waals surface area contributed by atoms with Gasteiger partial charge in [-0.05, 0) is 48.5 Å². The van der Waals surface area contributed by atoms with Gasteiger partial charge in [-0.25, -0.2) is 15.0 Å². The van der Waals surface area contributed by atoms with Gasteiger partial charge in [-0.2, -0.15) is 0 Å². The second kappa shape index (κ2) is 10.9. The lowest BCUT2D eigenvalue weighted by Gasteiger charge is -2.10. The van der Waals surface area contributed by atoms with Gasteiger partial charge in [0.25, 0.3) is 0 Å². The minimum Gasteiger partial charge on any atom is -0.456 e. The first-order valence-corrected chi connectivity index (χ1v) is 17.3. The van der Waals surface area contributed by atoms with Crippen molar-refractivity contribution < 1.29 is 11.3 Å². The van der Waals surface area contributed by atoms with E-state index in [1.165, 1.54) is 0 Å². The van der Waals surface area contributed by atoms with E-state index in [0.717, 1.165) is 58.4 Å². The molecule has 5 nitrogen and oxygen atoms in total. The molecule has 0 aliphatic carbocycles. The van der Waals surface area contributed by atoms with E-state index in [1.807, 2.05) is 60.7 Å². The number of fused-ring (bicyclic) bond motifs is 9. The smallest absolute Gasteiger partial charge is 0.164 e. The van der Waals surface area contributed by atoms with E-state index in [9.17, 15) is 0 Å². The molecule has 4 aromatic heterocycles. The van der Waals surface area contributed by atoms with E-state index in [-0.39, 0.29) is 29.3 Å². The van der Waals surface area contributed by atoms with Crippen molar-refractivity contribution in [3.05, 3.63) is 158 Å². The Morgan fingerprint density at radius 1 is 0.510 bits per heavy atom. The molecule has 6 heteroatoms. The monoisotopic (exact) mass is 675 g/mol. The van der Waals surface area contributed by atoms with Crippen molar-refractivity contribution >= 4 is 75.3 Å². The molecule has 0 spiro atoms. The average molecular weight is 676 g/mol. The Kier molecular flexibility index (Phi) is 5.08. The van der Waals surface area contributed by atoms with Gasteiger partial charge in [0.05, 0.1) is 17.9 Å². The molecule has 0 aliphatic heterocycles. The molecule has 0 radical (unpaired) electrons. The molecular weight excluding hydrogens is 645 g/mol. The molecule has 0 N–H and O–H groups in total. The largest absolute Gasteiger partial charge is 0.456 e. The van der Waals surface area contributed by atoms with Crippen LogP contribution >= 0.6 is 11.3 Å². The fourth-order valence-electron chi connectivity index (χ4n) is 7.31. The van der Waals surface area contributed by atoms with E-state index >= 15 is 0 Å². The van der Waals surface area contributed by atoms with E-state index in [0.29, 0.717) is 28.1 Å². The molecule has 0 saturated carbocycles. The van der Waals surface area contributed by atoms with Crippen molar-refractivity contribution in [2.24, 2.45) is 0 Å². The van der Waals surface area contributed by atoms with Gasteiger partial charge in [0, 0.05) is 64.1 Å². The van der Waals surface area contributed by atoms with E-state index in [4.69, 9.17) is 26.2 Å². The molecule has 0 amide bonds. The van der Waals surface area contributed by atoms with Gasteiger partial charge in [-0.3, -0.25) is 0 Å². The SMILES string of the molecule is [2H]c1c([2H])c([2H])c(-c2nc(-c3ccc4c(c3)sc3ccccc34)nc(-c3cccc4oc5ccc(-n6c7ccccc7c7ccccc76)cc5c34)n2)c([2H])c1[2H]. The Labute approximate surface area is 302 Å². The predicted molar refractivity (Wildman–Crippen MR) is 211 cm³/mol. The van der Waals surface area contributed by atoms with Gasteiger partial charge >= 0.3 is 0 Å². The molecule has 238 valence electrons. The Morgan fingerprint density at radius 2 is 1.20 bits per heavy atom. The molecule has 0 aliphatic rings. The second-order valence-corrected chi connectivity index (χ2v) is 13.5. The summed E-state index contributed by atoms with van der Waals surface area (Å²) < 4.78 is 53.6. The van der Waals surface area contributed by atoms with E-state index in [2.05, 4.69) is 71.3 Å². The standard InChI is InChI=1S/C45H26N4OS/c1-2-11-27(12-3-1)43-46-44(28-21-23-33-32-15-6-9-20-40(32)51-41(33)25-28)48-45(47-43)34-16-10-19-39-42(34)35-26-29(22-24-38(35)50-39)49-36-17-7-4-13-30(36)31-14-5-8-18-37(31)49/h1-26H/i1D,2D,3D,11D,12D. The van der Waals surface area contributed by atoms with Crippen LogP contribution in [0.25, 0.3) is 104 Å². The zero-order valence-corrected chi connectivity index (χ0v) is 27.5. The summed E-state index contributed by atoms with van der Waals surface area (Å²) in [6.45, 7) is 0. The number of hydrogen-bond donors (Lipinski definition) is 0. The van der Waals surface area contributed by atoms with Crippen LogP contribution in [0.2, 0.25) is 0 Å². The summed E-state index contributed by atoms with van der Waals surface area (Å²) in [5, 5.41) is 6.24. The number of hydrogen-bond acceptors (Lipinski definition) is 5. The number of furan rings is 1. The Balaban J connectivity index is 1.17. The highest BCUT2D eigenvalue weighted by Crippen LogP contribution is 2.40.